The Balaban J connectivity index is 1.73. The summed E-state index contributed by atoms with van der Waals surface area (Å²) in [5, 5.41) is 15.9. The normalized spacial score (nSPS) is 17.3. The lowest BCUT2D eigenvalue weighted by Gasteiger charge is -2.31. The third-order valence-electron chi connectivity index (χ3n) is 7.14. The second-order valence-electron chi connectivity index (χ2n) is 11.8. The number of aliphatic imine (C=N–C) groups is 1. The maximum absolute atomic E-state index is 14.3. The number of hydrogen-bond donors (Lipinski definition) is 2. The van der Waals surface area contributed by atoms with Crippen molar-refractivity contribution >= 4 is 39.4 Å². The first-order valence-corrected chi connectivity index (χ1v) is 15.8. The first kappa shape index (κ1) is 34.5. The van der Waals surface area contributed by atoms with Gasteiger partial charge in [-0.2, -0.15) is 0 Å². The molecule has 0 saturated carbocycles. The zero-order valence-electron chi connectivity index (χ0n) is 26.1. The van der Waals surface area contributed by atoms with E-state index in [0.29, 0.717) is 42.9 Å². The van der Waals surface area contributed by atoms with E-state index in [1.165, 1.54) is 0 Å². The summed E-state index contributed by atoms with van der Waals surface area (Å²) in [6, 6.07) is 21.7. The topological polar surface area (TPSA) is 155 Å². The van der Waals surface area contributed by atoms with Crippen molar-refractivity contribution in [2.75, 3.05) is 19.8 Å². The fourth-order valence-electron chi connectivity index (χ4n) is 5.01. The smallest absolute Gasteiger partial charge is 0.306 e. The molecule has 0 spiro atoms. The average molecular weight is 693 g/mol. The van der Waals surface area contributed by atoms with Crippen molar-refractivity contribution in [2.24, 2.45) is 10.1 Å². The number of rotatable bonds is 14. The van der Waals surface area contributed by atoms with Gasteiger partial charge in [0, 0.05) is 52.2 Å². The summed E-state index contributed by atoms with van der Waals surface area (Å²) in [6.07, 6.45) is -0.112. The number of benzene rings is 3. The Bertz CT molecular complexity index is 1580. The maximum Gasteiger partial charge on any atom is 0.306 e. The van der Waals surface area contributed by atoms with Gasteiger partial charge in [-0.15, -0.1) is 0 Å². The summed E-state index contributed by atoms with van der Waals surface area (Å²) >= 11 is 3.44. The van der Waals surface area contributed by atoms with Crippen LogP contribution in [-0.4, -0.2) is 53.8 Å². The summed E-state index contributed by atoms with van der Waals surface area (Å²) in [7, 11) is 0. The molecule has 1 amide bonds. The predicted molar refractivity (Wildman–Crippen MR) is 178 cm³/mol. The first-order chi connectivity index (χ1) is 22.0. The van der Waals surface area contributed by atoms with Gasteiger partial charge in [-0.25, -0.2) is 4.99 Å². The molecule has 0 radical (unpaired) electrons. The molecular formula is C34H38BrN5O6. The number of halogens is 1. The Labute approximate surface area is 276 Å². The Morgan fingerprint density at radius 2 is 1.83 bits per heavy atom. The zero-order valence-corrected chi connectivity index (χ0v) is 27.7. The number of nitrogens with zero attached hydrogens (tertiary/aromatic N) is 4. The van der Waals surface area contributed by atoms with Gasteiger partial charge < -0.3 is 24.6 Å². The summed E-state index contributed by atoms with van der Waals surface area (Å²) in [6.45, 7) is 6.03. The molecule has 1 aliphatic rings. The minimum absolute atomic E-state index is 0.0258. The number of esters is 1. The fraction of sp³-hybridized carbons (Fsp3) is 0.382. The van der Waals surface area contributed by atoms with Gasteiger partial charge in [-0.05, 0) is 81.1 Å². The van der Waals surface area contributed by atoms with E-state index in [0.717, 1.165) is 10.0 Å². The molecule has 242 valence electrons. The second-order valence-corrected chi connectivity index (χ2v) is 12.7. The van der Waals surface area contributed by atoms with Crippen molar-refractivity contribution in [1.82, 2.24) is 5.32 Å². The minimum atomic E-state index is -1.61. The molecular weight excluding hydrogens is 654 g/mol. The van der Waals surface area contributed by atoms with Crippen LogP contribution in [0.15, 0.2) is 87.4 Å². The number of ether oxygens (including phenoxy) is 3. The lowest BCUT2D eigenvalue weighted by molar-refractivity contribution is -0.155. The van der Waals surface area contributed by atoms with Crippen LogP contribution in [-0.2, 0) is 25.5 Å². The Morgan fingerprint density at radius 3 is 2.50 bits per heavy atom. The molecule has 0 saturated heterocycles. The predicted octanol–water partition coefficient (Wildman–Crippen LogP) is 6.89. The monoisotopic (exact) mass is 691 g/mol. The molecule has 46 heavy (non-hydrogen) atoms. The number of aliphatic hydroxyl groups is 1. The molecule has 3 aromatic rings. The molecule has 1 heterocycles. The van der Waals surface area contributed by atoms with Crippen molar-refractivity contribution in [2.45, 2.75) is 63.7 Å². The second kappa shape index (κ2) is 15.8. The highest BCUT2D eigenvalue weighted by molar-refractivity contribution is 9.10. The molecule has 0 unspecified atom stereocenters. The largest absolute Gasteiger partial charge is 0.494 e. The molecule has 0 fully saturated rings. The van der Waals surface area contributed by atoms with E-state index in [-0.39, 0.29) is 31.0 Å². The standard InChI is InChI=1S/C34H38BrN5O6/c1-33(2,3)46-29(42)17-19-34(32(43)37-20-18-23-9-13-25(35)14-10-23)30(27-7-4-5-8-28(27)39-40-36)45-31(38-34)24-11-15-26(16-12-24)44-22-6-21-41/h4-5,7-16,30,41H,6,17-22H2,1-3H3,(H,37,43)/t30-,34-/m1/s1. The van der Waals surface area contributed by atoms with Gasteiger partial charge >= 0.3 is 5.97 Å². The molecule has 12 heteroatoms. The molecule has 2 atom stereocenters. The molecule has 0 bridgehead atoms. The lowest BCUT2D eigenvalue weighted by atomic mass is 9.82. The van der Waals surface area contributed by atoms with Gasteiger partial charge in [0.1, 0.15) is 11.4 Å². The number of nitrogens with one attached hydrogen (secondary N) is 1. The number of aliphatic hydroxyl groups excluding tert-OH is 1. The average Bonchev–Trinajstić information content (AvgIpc) is 3.42. The Kier molecular flexibility index (Phi) is 11.8. The molecule has 0 aliphatic carbocycles. The Morgan fingerprint density at radius 1 is 1.11 bits per heavy atom. The van der Waals surface area contributed by atoms with Crippen LogP contribution in [0.1, 0.15) is 62.8 Å². The molecule has 3 aromatic carbocycles. The van der Waals surface area contributed by atoms with E-state index in [1.54, 1.807) is 69.3 Å². The summed E-state index contributed by atoms with van der Waals surface area (Å²) < 4.78 is 18.7. The van der Waals surface area contributed by atoms with Crippen molar-refractivity contribution in [1.29, 1.82) is 0 Å². The highest BCUT2D eigenvalue weighted by Gasteiger charge is 2.53. The number of hydrogen-bond acceptors (Lipinski definition) is 8. The van der Waals surface area contributed by atoms with E-state index in [4.69, 9.17) is 24.3 Å². The Hall–Kier alpha value is -4.38. The van der Waals surface area contributed by atoms with E-state index in [2.05, 4.69) is 31.3 Å². The van der Waals surface area contributed by atoms with Gasteiger partial charge in [-0.1, -0.05) is 57.4 Å². The van der Waals surface area contributed by atoms with E-state index < -0.39 is 29.1 Å². The van der Waals surface area contributed by atoms with Crippen LogP contribution in [0.5, 0.6) is 5.75 Å². The van der Waals surface area contributed by atoms with Gasteiger partial charge in [0.15, 0.2) is 11.6 Å². The van der Waals surface area contributed by atoms with Gasteiger partial charge in [0.05, 0.1) is 6.61 Å². The van der Waals surface area contributed by atoms with Gasteiger partial charge in [0.2, 0.25) is 5.90 Å². The number of azide groups is 1. The minimum Gasteiger partial charge on any atom is -0.494 e. The number of carbonyl (C=O) groups is 2. The fourth-order valence-corrected chi connectivity index (χ4v) is 5.27. The molecule has 0 aromatic heterocycles. The number of carbonyl (C=O) groups excluding carboxylic acids is 2. The van der Waals surface area contributed by atoms with Crippen LogP contribution in [0.4, 0.5) is 5.69 Å². The third-order valence-corrected chi connectivity index (χ3v) is 7.67. The van der Waals surface area contributed by atoms with Crippen LogP contribution in [0.3, 0.4) is 0 Å². The summed E-state index contributed by atoms with van der Waals surface area (Å²) in [5.74, 6) is -0.129. The van der Waals surface area contributed by atoms with Crippen LogP contribution >= 0.6 is 15.9 Å². The first-order valence-electron chi connectivity index (χ1n) is 15.0. The van der Waals surface area contributed by atoms with Crippen molar-refractivity contribution in [3.05, 3.63) is 104 Å². The van der Waals surface area contributed by atoms with E-state index >= 15 is 0 Å². The molecule has 1 aliphatic heterocycles. The SMILES string of the molecule is CC(C)(C)OC(=O)CC[C@@]1(C(=O)NCCc2ccc(Br)cc2)N=C(c2ccc(OCCCO)cc2)O[C@@H]1c1ccccc1N=[N+]=[N-]. The van der Waals surface area contributed by atoms with E-state index in [1.807, 2.05) is 24.3 Å². The summed E-state index contributed by atoms with van der Waals surface area (Å²) in [4.78, 5) is 35.2. The zero-order chi connectivity index (χ0) is 33.2. The van der Waals surface area contributed by atoms with E-state index in [9.17, 15) is 15.1 Å². The van der Waals surface area contributed by atoms with Crippen molar-refractivity contribution < 1.29 is 28.9 Å². The van der Waals surface area contributed by atoms with Gasteiger partial charge in [0.25, 0.3) is 5.91 Å². The maximum atomic E-state index is 14.3. The van der Waals surface area contributed by atoms with Crippen LogP contribution < -0.4 is 10.1 Å². The van der Waals surface area contributed by atoms with Crippen LogP contribution in [0.25, 0.3) is 10.4 Å². The van der Waals surface area contributed by atoms with Crippen LogP contribution in [0, 0.1) is 0 Å². The molecule has 4 rings (SSSR count). The highest BCUT2D eigenvalue weighted by atomic mass is 79.9. The summed E-state index contributed by atoms with van der Waals surface area (Å²) in [5.41, 5.74) is 9.33. The molecule has 11 nitrogen and oxygen atoms in total. The van der Waals surface area contributed by atoms with Gasteiger partial charge in [-0.3, -0.25) is 9.59 Å². The lowest BCUT2D eigenvalue weighted by Crippen LogP contribution is -2.49. The highest BCUT2D eigenvalue weighted by Crippen LogP contribution is 2.46. The quantitative estimate of drug-likeness (QED) is 0.0617. The number of amides is 1. The molecule has 2 N–H and O–H groups in total. The van der Waals surface area contributed by atoms with Crippen LogP contribution in [0.2, 0.25) is 0 Å². The van der Waals surface area contributed by atoms with Crippen molar-refractivity contribution in [3.8, 4) is 5.75 Å². The third kappa shape index (κ3) is 9.09. The van der Waals surface area contributed by atoms with Crippen molar-refractivity contribution in [3.63, 3.8) is 0 Å².